The molecule has 1 aromatic rings. The second kappa shape index (κ2) is 7.44. The summed E-state index contributed by atoms with van der Waals surface area (Å²) in [6.07, 6.45) is 6.04. The molecule has 0 spiro atoms. The van der Waals surface area contributed by atoms with Crippen LogP contribution in [-0.4, -0.2) is 29.8 Å². The summed E-state index contributed by atoms with van der Waals surface area (Å²) in [6, 6.07) is 5.65. The molecule has 0 N–H and O–H groups in total. The molecule has 0 aliphatic carbocycles. The van der Waals surface area contributed by atoms with Crippen LogP contribution in [0.2, 0.25) is 10.0 Å². The first-order chi connectivity index (χ1) is 9.61. The molecule has 0 bridgehead atoms. The van der Waals surface area contributed by atoms with Crippen LogP contribution in [0.1, 0.15) is 49.4 Å². The van der Waals surface area contributed by atoms with E-state index >= 15 is 0 Å². The third-order valence-electron chi connectivity index (χ3n) is 4.06. The second-order valence-corrected chi connectivity index (χ2v) is 6.25. The number of halogens is 2. The van der Waals surface area contributed by atoms with Crippen LogP contribution in [0.25, 0.3) is 0 Å². The second-order valence-electron chi connectivity index (χ2n) is 5.43. The largest absolute Gasteiger partial charge is 0.293 e. The van der Waals surface area contributed by atoms with E-state index in [-0.39, 0.29) is 5.78 Å². The van der Waals surface area contributed by atoms with Crippen molar-refractivity contribution in [2.24, 2.45) is 0 Å². The zero-order chi connectivity index (χ0) is 14.5. The Morgan fingerprint density at radius 1 is 1.25 bits per heavy atom. The number of benzene rings is 1. The maximum Gasteiger partial charge on any atom is 0.176 e. The van der Waals surface area contributed by atoms with Gasteiger partial charge in [0.05, 0.1) is 16.6 Å². The normalized spacial score (nSPS) is 20.6. The fourth-order valence-electron chi connectivity index (χ4n) is 2.85. The number of ketones is 1. The van der Waals surface area contributed by atoms with Gasteiger partial charge in [-0.1, -0.05) is 43.0 Å². The zero-order valence-corrected chi connectivity index (χ0v) is 13.4. The minimum absolute atomic E-state index is 0.129. The number of Topliss-reactive ketones (excluding diaryl/α,β-unsaturated/α-hetero) is 1. The summed E-state index contributed by atoms with van der Waals surface area (Å²) in [5.74, 6) is 0.129. The summed E-state index contributed by atoms with van der Waals surface area (Å²) in [6.45, 7) is 3.70. The van der Waals surface area contributed by atoms with E-state index in [4.69, 9.17) is 23.2 Å². The predicted molar refractivity (Wildman–Crippen MR) is 84.9 cm³/mol. The SMILES string of the molecule is CCC1CCCCCN1CC(=O)c1ccc(Cl)c(Cl)c1. The van der Waals surface area contributed by atoms with Gasteiger partial charge >= 0.3 is 0 Å². The van der Waals surface area contributed by atoms with Crippen LogP contribution in [0.5, 0.6) is 0 Å². The lowest BCUT2D eigenvalue weighted by atomic mass is 10.1. The summed E-state index contributed by atoms with van der Waals surface area (Å²) in [5, 5.41) is 0.935. The van der Waals surface area contributed by atoms with E-state index in [9.17, 15) is 4.79 Å². The van der Waals surface area contributed by atoms with Crippen molar-refractivity contribution >= 4 is 29.0 Å². The van der Waals surface area contributed by atoms with Gasteiger partial charge in [-0.25, -0.2) is 0 Å². The van der Waals surface area contributed by atoms with E-state index in [1.165, 1.54) is 25.7 Å². The zero-order valence-electron chi connectivity index (χ0n) is 11.9. The number of rotatable bonds is 4. The molecule has 1 unspecified atom stereocenters. The van der Waals surface area contributed by atoms with E-state index in [0.717, 1.165) is 13.0 Å². The van der Waals surface area contributed by atoms with Crippen LogP contribution in [-0.2, 0) is 0 Å². The van der Waals surface area contributed by atoms with E-state index in [2.05, 4.69) is 11.8 Å². The fraction of sp³-hybridized carbons (Fsp3) is 0.562. The Bertz CT molecular complexity index is 476. The minimum Gasteiger partial charge on any atom is -0.293 e. The maximum absolute atomic E-state index is 12.4. The highest BCUT2D eigenvalue weighted by molar-refractivity contribution is 6.42. The summed E-state index contributed by atoms with van der Waals surface area (Å²) in [5.41, 5.74) is 0.651. The predicted octanol–water partition coefficient (Wildman–Crippen LogP) is 4.83. The van der Waals surface area contributed by atoms with Gasteiger partial charge < -0.3 is 0 Å². The van der Waals surface area contributed by atoms with Crippen molar-refractivity contribution in [3.05, 3.63) is 33.8 Å². The summed E-state index contributed by atoms with van der Waals surface area (Å²) in [7, 11) is 0. The van der Waals surface area contributed by atoms with Gasteiger partial charge in [-0.15, -0.1) is 0 Å². The van der Waals surface area contributed by atoms with Crippen LogP contribution >= 0.6 is 23.2 Å². The topological polar surface area (TPSA) is 20.3 Å². The van der Waals surface area contributed by atoms with Gasteiger partial charge in [0, 0.05) is 11.6 Å². The molecular weight excluding hydrogens is 293 g/mol. The number of hydrogen-bond acceptors (Lipinski definition) is 2. The monoisotopic (exact) mass is 313 g/mol. The van der Waals surface area contributed by atoms with E-state index in [0.29, 0.717) is 28.2 Å². The molecule has 1 heterocycles. The van der Waals surface area contributed by atoms with Gasteiger partial charge in [0.1, 0.15) is 0 Å². The van der Waals surface area contributed by atoms with Crippen molar-refractivity contribution < 1.29 is 4.79 Å². The lowest BCUT2D eigenvalue weighted by molar-refractivity contribution is 0.0890. The van der Waals surface area contributed by atoms with Crippen LogP contribution in [0.4, 0.5) is 0 Å². The van der Waals surface area contributed by atoms with Crippen molar-refractivity contribution in [1.82, 2.24) is 4.90 Å². The van der Waals surface area contributed by atoms with E-state index < -0.39 is 0 Å². The van der Waals surface area contributed by atoms with Crippen molar-refractivity contribution in [3.8, 4) is 0 Å². The molecule has 1 aliphatic rings. The smallest absolute Gasteiger partial charge is 0.176 e. The Kier molecular flexibility index (Phi) is 5.88. The van der Waals surface area contributed by atoms with Crippen molar-refractivity contribution in [1.29, 1.82) is 0 Å². The Hall–Kier alpha value is -0.570. The van der Waals surface area contributed by atoms with Gasteiger partial charge in [-0.05, 0) is 44.0 Å². The van der Waals surface area contributed by atoms with Crippen LogP contribution in [0, 0.1) is 0 Å². The Morgan fingerprint density at radius 2 is 2.05 bits per heavy atom. The average molecular weight is 314 g/mol. The minimum atomic E-state index is 0.129. The van der Waals surface area contributed by atoms with Gasteiger partial charge in [0.15, 0.2) is 5.78 Å². The molecule has 2 rings (SSSR count). The van der Waals surface area contributed by atoms with Crippen LogP contribution in [0.15, 0.2) is 18.2 Å². The number of carbonyl (C=O) groups is 1. The van der Waals surface area contributed by atoms with Gasteiger partial charge in [0.2, 0.25) is 0 Å². The Morgan fingerprint density at radius 3 is 2.75 bits per heavy atom. The fourth-order valence-corrected chi connectivity index (χ4v) is 3.15. The van der Waals surface area contributed by atoms with Crippen molar-refractivity contribution in [3.63, 3.8) is 0 Å². The standard InChI is InChI=1S/C16H21Cl2NO/c1-2-13-6-4-3-5-9-19(13)11-16(20)12-7-8-14(17)15(18)10-12/h7-8,10,13H,2-6,9,11H2,1H3. The number of hydrogen-bond donors (Lipinski definition) is 0. The van der Waals surface area contributed by atoms with Crippen LogP contribution < -0.4 is 0 Å². The van der Waals surface area contributed by atoms with Gasteiger partial charge in [-0.3, -0.25) is 9.69 Å². The highest BCUT2D eigenvalue weighted by Crippen LogP contribution is 2.24. The highest BCUT2D eigenvalue weighted by Gasteiger charge is 2.22. The molecule has 0 aromatic heterocycles. The molecule has 0 saturated carbocycles. The molecular formula is C16H21Cl2NO. The number of likely N-dealkylation sites (tertiary alicyclic amines) is 1. The number of nitrogens with zero attached hydrogens (tertiary/aromatic N) is 1. The van der Waals surface area contributed by atoms with E-state index in [1.807, 2.05) is 0 Å². The summed E-state index contributed by atoms with van der Waals surface area (Å²) < 4.78 is 0. The molecule has 0 radical (unpaired) electrons. The van der Waals surface area contributed by atoms with Gasteiger partial charge in [-0.2, -0.15) is 0 Å². The molecule has 110 valence electrons. The maximum atomic E-state index is 12.4. The lowest BCUT2D eigenvalue weighted by Gasteiger charge is -2.28. The molecule has 1 fully saturated rings. The molecule has 2 nitrogen and oxygen atoms in total. The van der Waals surface area contributed by atoms with Crippen LogP contribution in [0.3, 0.4) is 0 Å². The van der Waals surface area contributed by atoms with Crippen molar-refractivity contribution in [2.45, 2.75) is 45.1 Å². The molecule has 20 heavy (non-hydrogen) atoms. The third kappa shape index (κ3) is 3.97. The average Bonchev–Trinajstić information content (AvgIpc) is 2.66. The third-order valence-corrected chi connectivity index (χ3v) is 4.80. The highest BCUT2D eigenvalue weighted by atomic mass is 35.5. The molecule has 1 atom stereocenters. The van der Waals surface area contributed by atoms with E-state index in [1.54, 1.807) is 18.2 Å². The summed E-state index contributed by atoms with van der Waals surface area (Å²) >= 11 is 11.9. The summed E-state index contributed by atoms with van der Waals surface area (Å²) in [4.78, 5) is 14.7. The Labute approximate surface area is 131 Å². The first-order valence-corrected chi connectivity index (χ1v) is 8.09. The Balaban J connectivity index is 2.06. The number of carbonyl (C=O) groups excluding carboxylic acids is 1. The quantitative estimate of drug-likeness (QED) is 0.742. The molecule has 0 amide bonds. The first-order valence-electron chi connectivity index (χ1n) is 7.34. The lowest BCUT2D eigenvalue weighted by Crippen LogP contribution is -2.38. The van der Waals surface area contributed by atoms with Gasteiger partial charge in [0.25, 0.3) is 0 Å². The molecule has 1 saturated heterocycles. The van der Waals surface area contributed by atoms with Crippen molar-refractivity contribution in [2.75, 3.05) is 13.1 Å². The molecule has 4 heteroatoms. The first kappa shape index (κ1) is 15.8. The molecule has 1 aromatic carbocycles. The molecule has 1 aliphatic heterocycles.